The molecule has 2 saturated heterocycles. The van der Waals surface area contributed by atoms with Crippen molar-refractivity contribution in [1.82, 2.24) is 4.90 Å². The molecule has 10 heavy (non-hydrogen) atoms. The van der Waals surface area contributed by atoms with Crippen molar-refractivity contribution < 1.29 is 0 Å². The van der Waals surface area contributed by atoms with Gasteiger partial charge in [0.05, 0.1) is 0 Å². The number of nitrogens with zero attached hydrogens (tertiary/aromatic N) is 1. The minimum Gasteiger partial charge on any atom is -0.300 e. The summed E-state index contributed by atoms with van der Waals surface area (Å²) >= 11 is 0. The van der Waals surface area contributed by atoms with E-state index in [1.807, 2.05) is 0 Å². The summed E-state index contributed by atoms with van der Waals surface area (Å²) in [5.41, 5.74) is 0.609. The molecule has 2 rings (SSSR count). The van der Waals surface area contributed by atoms with Gasteiger partial charge in [-0.25, -0.2) is 0 Å². The molecule has 2 aliphatic rings. The van der Waals surface area contributed by atoms with Crippen LogP contribution in [0.2, 0.25) is 0 Å². The Balaban J connectivity index is 2.24. The molecule has 0 aromatic heterocycles. The van der Waals surface area contributed by atoms with Crippen molar-refractivity contribution in [3.63, 3.8) is 0 Å². The average molecular weight is 139 g/mol. The number of rotatable bonds is 0. The molecule has 1 nitrogen and oxygen atoms in total. The Labute approximate surface area is 63.4 Å². The van der Waals surface area contributed by atoms with E-state index in [9.17, 15) is 0 Å². The van der Waals surface area contributed by atoms with Gasteiger partial charge in [-0.05, 0) is 31.7 Å². The topological polar surface area (TPSA) is 3.24 Å². The summed E-state index contributed by atoms with van der Waals surface area (Å²) in [6.45, 7) is 4.82. The smallest absolute Gasteiger partial charge is 0.0147 e. The Morgan fingerprint density at radius 2 is 2.00 bits per heavy atom. The highest BCUT2D eigenvalue weighted by Gasteiger charge is 2.48. The SMILES string of the molecule is CN1C2CCC1C(C)(C)C2. The van der Waals surface area contributed by atoms with Crippen LogP contribution in [0.25, 0.3) is 0 Å². The highest BCUT2D eigenvalue weighted by atomic mass is 15.2. The maximum atomic E-state index is 2.58. The second kappa shape index (κ2) is 1.76. The zero-order valence-corrected chi connectivity index (χ0v) is 7.22. The van der Waals surface area contributed by atoms with Gasteiger partial charge in [-0.3, -0.25) is 4.90 Å². The third-order valence-corrected chi connectivity index (χ3v) is 3.50. The lowest BCUT2D eigenvalue weighted by atomic mass is 9.77. The van der Waals surface area contributed by atoms with Gasteiger partial charge in [-0.1, -0.05) is 13.8 Å². The second-order valence-corrected chi connectivity index (χ2v) is 4.61. The maximum Gasteiger partial charge on any atom is 0.0147 e. The van der Waals surface area contributed by atoms with Crippen LogP contribution >= 0.6 is 0 Å². The summed E-state index contributed by atoms with van der Waals surface area (Å²) < 4.78 is 0. The Morgan fingerprint density at radius 1 is 1.30 bits per heavy atom. The number of hydrogen-bond donors (Lipinski definition) is 0. The molecule has 2 atom stereocenters. The van der Waals surface area contributed by atoms with E-state index in [0.717, 1.165) is 12.1 Å². The van der Waals surface area contributed by atoms with Gasteiger partial charge in [0, 0.05) is 12.1 Å². The van der Waals surface area contributed by atoms with Crippen LogP contribution in [0.15, 0.2) is 0 Å². The molecule has 2 unspecified atom stereocenters. The molecule has 58 valence electrons. The Bertz CT molecular complexity index is 151. The van der Waals surface area contributed by atoms with E-state index in [1.54, 1.807) is 0 Å². The Kier molecular flexibility index (Phi) is 1.17. The first-order valence-electron chi connectivity index (χ1n) is 4.33. The molecule has 0 spiro atoms. The van der Waals surface area contributed by atoms with Crippen LogP contribution in [0.5, 0.6) is 0 Å². The van der Waals surface area contributed by atoms with E-state index < -0.39 is 0 Å². The molecule has 1 heteroatoms. The molecular formula is C9H17N. The van der Waals surface area contributed by atoms with Gasteiger partial charge in [0.25, 0.3) is 0 Å². The predicted molar refractivity (Wildman–Crippen MR) is 43.0 cm³/mol. The van der Waals surface area contributed by atoms with Crippen LogP contribution < -0.4 is 0 Å². The fraction of sp³-hybridized carbons (Fsp3) is 1.00. The standard InChI is InChI=1S/C9H17N/c1-9(2)6-7-4-5-8(9)10(7)3/h7-8H,4-6H2,1-3H3. The third kappa shape index (κ3) is 0.672. The van der Waals surface area contributed by atoms with Crippen molar-refractivity contribution in [2.75, 3.05) is 7.05 Å². The quantitative estimate of drug-likeness (QED) is 0.495. The van der Waals surface area contributed by atoms with Gasteiger partial charge in [-0.15, -0.1) is 0 Å². The first-order valence-corrected chi connectivity index (χ1v) is 4.33. The Morgan fingerprint density at radius 3 is 2.20 bits per heavy atom. The first-order chi connectivity index (χ1) is 4.61. The van der Waals surface area contributed by atoms with Crippen molar-refractivity contribution in [1.29, 1.82) is 0 Å². The molecule has 2 heterocycles. The van der Waals surface area contributed by atoms with Gasteiger partial charge < -0.3 is 0 Å². The normalized spacial score (nSPS) is 44.7. The molecule has 0 amide bonds. The van der Waals surface area contributed by atoms with Crippen molar-refractivity contribution >= 4 is 0 Å². The molecule has 2 bridgehead atoms. The zero-order valence-electron chi connectivity index (χ0n) is 7.22. The fourth-order valence-electron chi connectivity index (χ4n) is 2.94. The number of hydrogen-bond acceptors (Lipinski definition) is 1. The molecule has 0 radical (unpaired) electrons. The molecule has 0 aromatic carbocycles. The van der Waals surface area contributed by atoms with Crippen LogP contribution in [0.4, 0.5) is 0 Å². The molecule has 0 aliphatic carbocycles. The lowest BCUT2D eigenvalue weighted by Gasteiger charge is -2.28. The summed E-state index contributed by atoms with van der Waals surface area (Å²) in [5.74, 6) is 0. The lowest BCUT2D eigenvalue weighted by molar-refractivity contribution is 0.227. The van der Waals surface area contributed by atoms with Crippen molar-refractivity contribution in [2.45, 2.75) is 45.2 Å². The van der Waals surface area contributed by atoms with Crippen molar-refractivity contribution in [2.24, 2.45) is 5.41 Å². The molecule has 0 saturated carbocycles. The van der Waals surface area contributed by atoms with E-state index in [4.69, 9.17) is 0 Å². The molecule has 0 aromatic rings. The summed E-state index contributed by atoms with van der Waals surface area (Å²) in [4.78, 5) is 2.58. The van der Waals surface area contributed by atoms with E-state index in [2.05, 4.69) is 25.8 Å². The lowest BCUT2D eigenvalue weighted by Crippen LogP contribution is -2.30. The zero-order chi connectivity index (χ0) is 7.35. The van der Waals surface area contributed by atoms with Gasteiger partial charge in [0.15, 0.2) is 0 Å². The van der Waals surface area contributed by atoms with Crippen LogP contribution in [-0.2, 0) is 0 Å². The highest BCUT2D eigenvalue weighted by Crippen LogP contribution is 2.47. The third-order valence-electron chi connectivity index (χ3n) is 3.50. The molecular weight excluding hydrogens is 122 g/mol. The van der Waals surface area contributed by atoms with Crippen LogP contribution in [-0.4, -0.2) is 24.0 Å². The fourth-order valence-corrected chi connectivity index (χ4v) is 2.94. The van der Waals surface area contributed by atoms with Crippen molar-refractivity contribution in [3.05, 3.63) is 0 Å². The maximum absolute atomic E-state index is 2.58. The van der Waals surface area contributed by atoms with E-state index in [1.165, 1.54) is 19.3 Å². The van der Waals surface area contributed by atoms with Crippen LogP contribution in [0.3, 0.4) is 0 Å². The number of fused-ring (bicyclic) bond motifs is 2. The van der Waals surface area contributed by atoms with Crippen molar-refractivity contribution in [3.8, 4) is 0 Å². The average Bonchev–Trinajstić information content (AvgIpc) is 2.21. The monoisotopic (exact) mass is 139 g/mol. The van der Waals surface area contributed by atoms with Gasteiger partial charge >= 0.3 is 0 Å². The predicted octanol–water partition coefficient (Wildman–Crippen LogP) is 1.88. The minimum atomic E-state index is 0.609. The molecule has 2 fully saturated rings. The van der Waals surface area contributed by atoms with Crippen LogP contribution in [0, 0.1) is 5.41 Å². The summed E-state index contributed by atoms with van der Waals surface area (Å²) in [5, 5.41) is 0. The van der Waals surface area contributed by atoms with Gasteiger partial charge in [0.2, 0.25) is 0 Å². The molecule has 2 aliphatic heterocycles. The highest BCUT2D eigenvalue weighted by molar-refractivity contribution is 5.03. The van der Waals surface area contributed by atoms with Gasteiger partial charge in [0.1, 0.15) is 0 Å². The summed E-state index contributed by atoms with van der Waals surface area (Å²) in [6, 6.07) is 1.80. The first kappa shape index (κ1) is 6.66. The van der Waals surface area contributed by atoms with E-state index in [-0.39, 0.29) is 0 Å². The largest absolute Gasteiger partial charge is 0.300 e. The molecule has 0 N–H and O–H groups in total. The second-order valence-electron chi connectivity index (χ2n) is 4.61. The van der Waals surface area contributed by atoms with E-state index in [0.29, 0.717) is 5.41 Å². The minimum absolute atomic E-state index is 0.609. The Hall–Kier alpha value is -0.0400. The van der Waals surface area contributed by atoms with Crippen LogP contribution in [0.1, 0.15) is 33.1 Å². The summed E-state index contributed by atoms with van der Waals surface area (Å²) in [7, 11) is 2.29. The summed E-state index contributed by atoms with van der Waals surface area (Å²) in [6.07, 6.45) is 4.31. The van der Waals surface area contributed by atoms with E-state index >= 15 is 0 Å². The van der Waals surface area contributed by atoms with Gasteiger partial charge in [-0.2, -0.15) is 0 Å².